The minimum atomic E-state index is -1.59. The fourth-order valence-corrected chi connectivity index (χ4v) is 7.69. The highest BCUT2D eigenvalue weighted by molar-refractivity contribution is 5.93. The molecule has 4 aromatic carbocycles. The molecule has 23 heteroatoms. The summed E-state index contributed by atoms with van der Waals surface area (Å²) in [4.78, 5) is 73.0. The number of nitrogens with one attached hydrogen (secondary N) is 1. The first-order valence-corrected chi connectivity index (χ1v) is 24.1. The van der Waals surface area contributed by atoms with Crippen LogP contribution >= 0.6 is 0 Å². The molecule has 0 atom stereocenters. The molecule has 400 valence electrons. The van der Waals surface area contributed by atoms with Gasteiger partial charge in [-0.1, -0.05) is 48.6 Å². The van der Waals surface area contributed by atoms with Crippen LogP contribution in [0.15, 0.2) is 165 Å². The van der Waals surface area contributed by atoms with Gasteiger partial charge in [-0.2, -0.15) is 10.2 Å². The number of allylic oxidation sites excluding steroid dienone is 2. The van der Waals surface area contributed by atoms with Crippen molar-refractivity contribution in [1.82, 2.24) is 44.8 Å². The number of carbonyl (C=O) groups excluding carboxylic acids is 1. The van der Waals surface area contributed by atoms with Gasteiger partial charge in [0.05, 0.1) is 35.6 Å². The predicted octanol–water partition coefficient (Wildman–Crippen LogP) is 8.54. The Morgan fingerprint density at radius 1 is 0.557 bits per heavy atom. The van der Waals surface area contributed by atoms with E-state index in [1.54, 1.807) is 48.5 Å². The summed E-state index contributed by atoms with van der Waals surface area (Å²) in [6.07, 6.45) is 16.5. The molecular weight excluding hydrogens is 1030 g/mol. The van der Waals surface area contributed by atoms with Gasteiger partial charge in [-0.3, -0.25) is 24.4 Å². The predicted molar refractivity (Wildman–Crippen MR) is 281 cm³/mol. The van der Waals surface area contributed by atoms with E-state index in [0.717, 1.165) is 64.3 Å². The Morgan fingerprint density at radius 2 is 0.987 bits per heavy atom. The number of benzene rings is 4. The second-order valence-electron chi connectivity index (χ2n) is 17.3. The number of hydrogen-bond donors (Lipinski definition) is 3. The van der Waals surface area contributed by atoms with E-state index in [9.17, 15) is 45.5 Å². The minimum Gasteiger partial charge on any atom is -0.478 e. The van der Waals surface area contributed by atoms with Gasteiger partial charge in [-0.15, -0.1) is 0 Å². The number of halogens is 6. The van der Waals surface area contributed by atoms with Crippen LogP contribution in [0.2, 0.25) is 0 Å². The number of carboxylic acid groups (broad SMARTS) is 1. The Labute approximate surface area is 445 Å². The minimum absolute atomic E-state index is 0.00412. The molecule has 0 aliphatic carbocycles. The Bertz CT molecular complexity index is 3770. The SMILES string of the molecule is NCCC1=CCC=N1.O=C(NCCC1=CCC=N1)c1cnc(-c2cccc(Cn3nc(-c4cc(F)c(F)c(F)c4)ccc3=O)c2)nc1.O=C(O)c1cnc(-c2cccc(Cn3nc(-c4cc(F)c(F)c(F)c4)ccc3=O)c2)nc1. The van der Waals surface area contributed by atoms with E-state index in [1.165, 1.54) is 49.1 Å². The highest BCUT2D eigenvalue weighted by Crippen LogP contribution is 2.24. The first kappa shape index (κ1) is 55.3. The summed E-state index contributed by atoms with van der Waals surface area (Å²) in [5.41, 5.74) is 9.51. The number of nitrogens with zero attached hydrogens (tertiary/aromatic N) is 10. The molecule has 0 unspecified atom stereocenters. The molecule has 0 fully saturated rings. The van der Waals surface area contributed by atoms with Crippen molar-refractivity contribution in [3.63, 3.8) is 0 Å². The van der Waals surface area contributed by atoms with E-state index in [0.29, 0.717) is 59.0 Å². The number of carbonyl (C=O) groups is 2. The second-order valence-corrected chi connectivity index (χ2v) is 17.3. The van der Waals surface area contributed by atoms with Gasteiger partial charge < -0.3 is 16.2 Å². The maximum atomic E-state index is 13.7. The largest absolute Gasteiger partial charge is 0.478 e. The van der Waals surface area contributed by atoms with Gasteiger partial charge in [0, 0.05) is 115 Å². The molecule has 0 bridgehead atoms. The smallest absolute Gasteiger partial charge is 0.338 e. The van der Waals surface area contributed by atoms with Crippen LogP contribution in [0.3, 0.4) is 0 Å². The average molecular weight is 1080 g/mol. The number of aromatic nitrogens is 8. The Balaban J connectivity index is 0.000000185. The van der Waals surface area contributed by atoms with E-state index in [-0.39, 0.29) is 47.1 Å². The van der Waals surface area contributed by atoms with Gasteiger partial charge in [0.2, 0.25) is 0 Å². The van der Waals surface area contributed by atoms with Crippen LogP contribution in [0, 0.1) is 34.9 Å². The molecule has 2 aliphatic heterocycles. The number of carboxylic acids is 1. The first-order chi connectivity index (χ1) is 38.1. The van der Waals surface area contributed by atoms with Crippen LogP contribution in [0.4, 0.5) is 26.3 Å². The zero-order chi connectivity index (χ0) is 56.0. The van der Waals surface area contributed by atoms with E-state index in [2.05, 4.69) is 51.5 Å². The maximum Gasteiger partial charge on any atom is 0.338 e. The lowest BCUT2D eigenvalue weighted by Gasteiger charge is -2.09. The lowest BCUT2D eigenvalue weighted by molar-refractivity contribution is 0.0695. The Kier molecular flexibility index (Phi) is 18.0. The van der Waals surface area contributed by atoms with Crippen molar-refractivity contribution < 1.29 is 41.0 Å². The second kappa shape index (κ2) is 25.8. The molecule has 0 saturated heterocycles. The molecule has 2 aliphatic rings. The van der Waals surface area contributed by atoms with Crippen LogP contribution in [-0.4, -0.2) is 82.0 Å². The summed E-state index contributed by atoms with van der Waals surface area (Å²) in [5.74, 6) is -9.34. The summed E-state index contributed by atoms with van der Waals surface area (Å²) in [6, 6.07) is 22.2. The Morgan fingerprint density at radius 3 is 1.39 bits per heavy atom. The molecular formula is C56H44F6N12O5. The van der Waals surface area contributed by atoms with Gasteiger partial charge in [0.25, 0.3) is 17.0 Å². The highest BCUT2D eigenvalue weighted by atomic mass is 19.2. The molecule has 8 aromatic rings. The van der Waals surface area contributed by atoms with Crippen molar-refractivity contribution in [1.29, 1.82) is 0 Å². The number of rotatable bonds is 15. The maximum absolute atomic E-state index is 13.7. The van der Waals surface area contributed by atoms with E-state index < -0.39 is 52.0 Å². The van der Waals surface area contributed by atoms with E-state index in [1.807, 2.05) is 18.5 Å². The first-order valence-electron chi connectivity index (χ1n) is 24.1. The fraction of sp³-hybridized carbons (Fsp3) is 0.143. The van der Waals surface area contributed by atoms with Crippen molar-refractivity contribution in [2.24, 2.45) is 15.7 Å². The standard InChI is InChI=1S/C28H21F3N6O2.C22H13F3N4O3.C6H10N2/c29-22-12-19(13-23(30)26(22)31)24-6-7-25(38)37(36-24)16-17-3-1-4-18(11-17)27-34-14-20(15-35-27)28(39)33-10-8-21-5-2-9-32-21;23-16-7-14(8-17(24)20(16)25)18-4-5-19(30)29(28-18)11-12-2-1-3-13(6-12)21-26-9-15(10-27-21)22(31)32;7-4-3-6-2-1-5-8-6/h1,3-7,9,11-15H,2,8,10,16H2,(H,33,39);1-10H,11H2,(H,31,32);2,5H,1,3-4,7H2. The normalized spacial score (nSPS) is 12.2. The van der Waals surface area contributed by atoms with Crippen molar-refractivity contribution in [2.75, 3.05) is 13.1 Å². The van der Waals surface area contributed by atoms with Gasteiger partial charge in [-0.25, -0.2) is 60.4 Å². The number of amides is 1. The van der Waals surface area contributed by atoms with E-state index in [4.69, 9.17) is 10.8 Å². The molecule has 79 heavy (non-hydrogen) atoms. The molecule has 1 amide bonds. The van der Waals surface area contributed by atoms with Crippen LogP contribution in [0.1, 0.15) is 57.5 Å². The van der Waals surface area contributed by atoms with Crippen LogP contribution in [-0.2, 0) is 13.1 Å². The topological polar surface area (TPSA) is 238 Å². The van der Waals surface area contributed by atoms with Gasteiger partial charge in [0.1, 0.15) is 0 Å². The average Bonchev–Trinajstić information content (AvgIpc) is 4.24. The third-order valence-corrected chi connectivity index (χ3v) is 11.6. The molecule has 0 saturated carbocycles. The van der Waals surface area contributed by atoms with Gasteiger partial charge >= 0.3 is 5.97 Å². The van der Waals surface area contributed by atoms with Crippen molar-refractivity contribution in [3.8, 4) is 45.3 Å². The van der Waals surface area contributed by atoms with Crippen LogP contribution in [0.25, 0.3) is 45.3 Å². The molecule has 0 radical (unpaired) electrons. The molecule has 4 N–H and O–H groups in total. The summed E-state index contributed by atoms with van der Waals surface area (Å²) < 4.78 is 83.3. The van der Waals surface area contributed by atoms with Gasteiger partial charge in [0.15, 0.2) is 46.6 Å². The summed E-state index contributed by atoms with van der Waals surface area (Å²) in [6.45, 7) is 1.24. The zero-order valence-corrected chi connectivity index (χ0v) is 41.4. The molecule has 17 nitrogen and oxygen atoms in total. The van der Waals surface area contributed by atoms with Crippen LogP contribution < -0.4 is 22.2 Å². The molecule has 4 aromatic heterocycles. The van der Waals surface area contributed by atoms with E-state index >= 15 is 0 Å². The molecule has 10 rings (SSSR count). The molecule has 6 heterocycles. The van der Waals surface area contributed by atoms with Crippen molar-refractivity contribution in [2.45, 2.75) is 38.8 Å². The summed E-state index contributed by atoms with van der Waals surface area (Å²) >= 11 is 0. The Hall–Kier alpha value is -9.90. The number of nitrogens with two attached hydrogens (primary N) is 1. The number of hydrogen-bond acceptors (Lipinski definition) is 13. The quantitative estimate of drug-likeness (QED) is 0.0647. The van der Waals surface area contributed by atoms with Gasteiger partial charge in [-0.05, 0) is 66.2 Å². The molecule has 0 spiro atoms. The zero-order valence-electron chi connectivity index (χ0n) is 41.4. The lowest BCUT2D eigenvalue weighted by atomic mass is 10.1. The third kappa shape index (κ3) is 14.5. The fourth-order valence-electron chi connectivity index (χ4n) is 7.69. The van der Waals surface area contributed by atoms with Crippen molar-refractivity contribution in [3.05, 3.63) is 223 Å². The highest BCUT2D eigenvalue weighted by Gasteiger charge is 2.17. The number of aromatic carboxylic acids is 1. The number of aliphatic imine (C=N–C) groups is 2. The lowest BCUT2D eigenvalue weighted by Crippen LogP contribution is -2.25. The monoisotopic (exact) mass is 1080 g/mol. The summed E-state index contributed by atoms with van der Waals surface area (Å²) in [5, 5.41) is 20.1. The van der Waals surface area contributed by atoms with Crippen LogP contribution in [0.5, 0.6) is 0 Å². The van der Waals surface area contributed by atoms with Crippen molar-refractivity contribution >= 4 is 24.3 Å². The third-order valence-electron chi connectivity index (χ3n) is 11.6. The summed E-state index contributed by atoms with van der Waals surface area (Å²) in [7, 11) is 0.